The number of benzene rings is 1. The van der Waals surface area contributed by atoms with E-state index in [0.717, 1.165) is 70.4 Å². The average Bonchev–Trinajstić information content (AvgIpc) is 3.46. The maximum atomic E-state index is 5.54. The van der Waals surface area contributed by atoms with E-state index in [9.17, 15) is 0 Å². The fourth-order valence-electron chi connectivity index (χ4n) is 4.11. The smallest absolute Gasteiger partial charge is 0.142 e. The highest BCUT2D eigenvalue weighted by molar-refractivity contribution is 7.09. The number of piperazine rings is 1. The molecule has 0 spiro atoms. The molecule has 1 fully saturated rings. The third-order valence-electron chi connectivity index (χ3n) is 5.88. The van der Waals surface area contributed by atoms with Gasteiger partial charge in [0.1, 0.15) is 16.6 Å². The van der Waals surface area contributed by atoms with E-state index in [2.05, 4.69) is 53.8 Å². The predicted octanol–water partition coefficient (Wildman–Crippen LogP) is 3.10. The monoisotopic (exact) mass is 440 g/mol. The number of rotatable bonds is 10. The van der Waals surface area contributed by atoms with Crippen LogP contribution >= 0.6 is 11.3 Å². The molecule has 0 unspecified atom stereocenters. The van der Waals surface area contributed by atoms with Crippen molar-refractivity contribution in [2.75, 3.05) is 51.3 Å². The van der Waals surface area contributed by atoms with Crippen molar-refractivity contribution in [2.45, 2.75) is 19.5 Å². The molecule has 8 heteroatoms. The Balaban J connectivity index is 1.26. The quantitative estimate of drug-likeness (QED) is 0.483. The molecular weight excluding hydrogens is 408 g/mol. The minimum Gasteiger partial charge on any atom is -0.495 e. The summed E-state index contributed by atoms with van der Waals surface area (Å²) in [5.41, 5.74) is 1.20. The second kappa shape index (κ2) is 10.7. The average molecular weight is 441 g/mol. The third kappa shape index (κ3) is 5.84. The second-order valence-corrected chi connectivity index (χ2v) is 8.92. The van der Waals surface area contributed by atoms with E-state index in [4.69, 9.17) is 4.74 Å². The first-order valence-corrected chi connectivity index (χ1v) is 11.8. The largest absolute Gasteiger partial charge is 0.495 e. The van der Waals surface area contributed by atoms with Crippen LogP contribution in [0.1, 0.15) is 17.3 Å². The summed E-state index contributed by atoms with van der Waals surface area (Å²) in [5, 5.41) is 3.22. The Morgan fingerprint density at radius 2 is 1.90 bits per heavy atom. The van der Waals surface area contributed by atoms with Gasteiger partial charge in [0.2, 0.25) is 0 Å². The number of thiazole rings is 1. The number of imidazole rings is 1. The summed E-state index contributed by atoms with van der Waals surface area (Å²) in [6.45, 7) is 8.14. The minimum atomic E-state index is 0.852. The van der Waals surface area contributed by atoms with Crippen LogP contribution in [0.3, 0.4) is 0 Å². The molecule has 0 aliphatic carbocycles. The summed E-state index contributed by atoms with van der Waals surface area (Å²) in [5.74, 6) is 2.06. The highest BCUT2D eigenvalue weighted by Gasteiger charge is 2.19. The first kappa shape index (κ1) is 21.8. The molecule has 1 aliphatic rings. The molecular formula is C23H32N6OS. The van der Waals surface area contributed by atoms with Gasteiger partial charge in [0.15, 0.2) is 0 Å². The molecule has 166 valence electrons. The topological polar surface area (TPSA) is 49.7 Å². The Morgan fingerprint density at radius 3 is 2.61 bits per heavy atom. The fraction of sp³-hybridized carbons (Fsp3) is 0.478. The number of methoxy groups -OCH3 is 1. The zero-order valence-electron chi connectivity index (χ0n) is 18.5. The van der Waals surface area contributed by atoms with Gasteiger partial charge in [0, 0.05) is 63.7 Å². The zero-order valence-corrected chi connectivity index (χ0v) is 19.3. The van der Waals surface area contributed by atoms with Crippen molar-refractivity contribution >= 4 is 17.0 Å². The summed E-state index contributed by atoms with van der Waals surface area (Å²) in [7, 11) is 3.81. The number of hydrogen-bond donors (Lipinski definition) is 0. The molecule has 0 radical (unpaired) electrons. The maximum Gasteiger partial charge on any atom is 0.142 e. The minimum absolute atomic E-state index is 0.852. The van der Waals surface area contributed by atoms with Gasteiger partial charge in [0.05, 0.1) is 25.9 Å². The molecule has 1 aromatic carbocycles. The van der Waals surface area contributed by atoms with Crippen molar-refractivity contribution in [3.8, 4) is 5.75 Å². The van der Waals surface area contributed by atoms with E-state index in [-0.39, 0.29) is 0 Å². The first-order valence-electron chi connectivity index (χ1n) is 10.9. The van der Waals surface area contributed by atoms with Gasteiger partial charge in [0.25, 0.3) is 0 Å². The van der Waals surface area contributed by atoms with Crippen LogP contribution in [0.2, 0.25) is 0 Å². The Bertz CT molecular complexity index is 920. The SMILES string of the molecule is COc1ccccc1N1CCN(CCCN(Cc2nccs2)Cc2nccn2C)CC1. The third-order valence-corrected chi connectivity index (χ3v) is 6.64. The molecule has 0 saturated carbocycles. The van der Waals surface area contributed by atoms with E-state index >= 15 is 0 Å². The van der Waals surface area contributed by atoms with E-state index in [1.54, 1.807) is 18.4 Å². The van der Waals surface area contributed by atoms with Crippen molar-refractivity contribution in [3.63, 3.8) is 0 Å². The van der Waals surface area contributed by atoms with Crippen LogP contribution in [-0.2, 0) is 20.1 Å². The Labute approximate surface area is 188 Å². The van der Waals surface area contributed by atoms with Crippen molar-refractivity contribution in [1.82, 2.24) is 24.3 Å². The standard InChI is InChI=1S/C23H32N6OS/c1-26-12-8-24-22(26)18-28(19-23-25-9-17-31-23)11-5-10-27-13-15-29(16-14-27)20-6-3-4-7-21(20)30-2/h3-4,6-9,12,17H,5,10-11,13-16,18-19H2,1-2H3. The normalized spacial score (nSPS) is 15.0. The molecule has 3 aromatic rings. The van der Waals surface area contributed by atoms with Gasteiger partial charge in [-0.25, -0.2) is 9.97 Å². The number of aryl methyl sites for hydroxylation is 1. The van der Waals surface area contributed by atoms with Crippen LogP contribution < -0.4 is 9.64 Å². The molecule has 0 N–H and O–H groups in total. The lowest BCUT2D eigenvalue weighted by Crippen LogP contribution is -2.47. The van der Waals surface area contributed by atoms with Crippen molar-refractivity contribution in [2.24, 2.45) is 7.05 Å². The molecule has 3 heterocycles. The number of anilines is 1. The number of para-hydroxylation sites is 2. The number of aromatic nitrogens is 3. The van der Waals surface area contributed by atoms with Gasteiger partial charge in [-0.05, 0) is 25.1 Å². The van der Waals surface area contributed by atoms with Crippen LogP contribution in [-0.4, -0.2) is 70.7 Å². The lowest BCUT2D eigenvalue weighted by Gasteiger charge is -2.36. The summed E-state index contributed by atoms with van der Waals surface area (Å²) in [6, 6.07) is 8.31. The van der Waals surface area contributed by atoms with Crippen LogP contribution in [0.4, 0.5) is 5.69 Å². The predicted molar refractivity (Wildman–Crippen MR) is 126 cm³/mol. The van der Waals surface area contributed by atoms with Crippen LogP contribution in [0, 0.1) is 0 Å². The molecule has 7 nitrogen and oxygen atoms in total. The van der Waals surface area contributed by atoms with Crippen molar-refractivity contribution < 1.29 is 4.74 Å². The van der Waals surface area contributed by atoms with Gasteiger partial charge in [-0.2, -0.15) is 0 Å². The Hall–Kier alpha value is -2.42. The van der Waals surface area contributed by atoms with Crippen LogP contribution in [0.5, 0.6) is 5.75 Å². The molecule has 0 bridgehead atoms. The summed E-state index contributed by atoms with van der Waals surface area (Å²) in [6.07, 6.45) is 6.92. The lowest BCUT2D eigenvalue weighted by molar-refractivity contribution is 0.206. The summed E-state index contributed by atoms with van der Waals surface area (Å²) >= 11 is 1.72. The highest BCUT2D eigenvalue weighted by atomic mass is 32.1. The van der Waals surface area contributed by atoms with Gasteiger partial charge in [-0.15, -0.1) is 11.3 Å². The molecule has 31 heavy (non-hydrogen) atoms. The van der Waals surface area contributed by atoms with Gasteiger partial charge < -0.3 is 14.2 Å². The number of hydrogen-bond acceptors (Lipinski definition) is 7. The van der Waals surface area contributed by atoms with E-state index in [0.29, 0.717) is 0 Å². The number of nitrogens with zero attached hydrogens (tertiary/aromatic N) is 6. The Morgan fingerprint density at radius 1 is 1.06 bits per heavy atom. The zero-order chi connectivity index (χ0) is 21.5. The van der Waals surface area contributed by atoms with Gasteiger partial charge in [-0.1, -0.05) is 12.1 Å². The molecule has 1 saturated heterocycles. The molecule has 4 rings (SSSR count). The molecule has 2 aromatic heterocycles. The van der Waals surface area contributed by atoms with Gasteiger partial charge in [-0.3, -0.25) is 9.80 Å². The van der Waals surface area contributed by atoms with E-state index in [1.165, 1.54) is 10.7 Å². The summed E-state index contributed by atoms with van der Waals surface area (Å²) in [4.78, 5) is 16.5. The maximum absolute atomic E-state index is 5.54. The molecule has 0 atom stereocenters. The summed E-state index contributed by atoms with van der Waals surface area (Å²) < 4.78 is 7.64. The lowest BCUT2D eigenvalue weighted by atomic mass is 10.2. The fourth-order valence-corrected chi connectivity index (χ4v) is 4.76. The van der Waals surface area contributed by atoms with Crippen molar-refractivity contribution in [3.05, 3.63) is 59.1 Å². The second-order valence-electron chi connectivity index (χ2n) is 7.94. The highest BCUT2D eigenvalue weighted by Crippen LogP contribution is 2.28. The van der Waals surface area contributed by atoms with E-state index in [1.807, 2.05) is 30.7 Å². The van der Waals surface area contributed by atoms with Crippen LogP contribution in [0.15, 0.2) is 48.2 Å². The first-order chi connectivity index (χ1) is 15.2. The molecule has 1 aliphatic heterocycles. The number of ether oxygens (including phenoxy) is 1. The Kier molecular flexibility index (Phi) is 7.56. The molecule has 0 amide bonds. The van der Waals surface area contributed by atoms with Gasteiger partial charge >= 0.3 is 0 Å². The van der Waals surface area contributed by atoms with Crippen molar-refractivity contribution in [1.29, 1.82) is 0 Å². The van der Waals surface area contributed by atoms with E-state index < -0.39 is 0 Å². The van der Waals surface area contributed by atoms with Crippen LogP contribution in [0.25, 0.3) is 0 Å².